The molecule has 0 bridgehead atoms. The van der Waals surface area contributed by atoms with Crippen molar-refractivity contribution in [3.05, 3.63) is 108 Å². The van der Waals surface area contributed by atoms with Crippen LogP contribution in [0.15, 0.2) is 91.0 Å². The van der Waals surface area contributed by atoms with Gasteiger partial charge in [0.05, 0.1) is 18.3 Å². The van der Waals surface area contributed by atoms with Crippen molar-refractivity contribution in [1.29, 1.82) is 0 Å². The van der Waals surface area contributed by atoms with Crippen LogP contribution in [0.2, 0.25) is 0 Å². The fourth-order valence-electron chi connectivity index (χ4n) is 4.78. The molecule has 0 saturated carbocycles. The van der Waals surface area contributed by atoms with E-state index in [1.54, 1.807) is 12.1 Å². The third kappa shape index (κ3) is 5.05. The van der Waals surface area contributed by atoms with Crippen molar-refractivity contribution in [2.45, 2.75) is 36.1 Å². The van der Waals surface area contributed by atoms with Gasteiger partial charge in [-0.1, -0.05) is 91.0 Å². The average Bonchev–Trinajstić information content (AvgIpc) is 2.91. The number of fused-ring (bicyclic) bond motifs is 1. The quantitative estimate of drug-likeness (QED) is 0.364. The molecule has 0 aromatic heterocycles. The van der Waals surface area contributed by atoms with Crippen molar-refractivity contribution in [2.24, 2.45) is 0 Å². The number of carbonyl (C=O) groups is 3. The molecule has 2 unspecified atom stereocenters. The van der Waals surface area contributed by atoms with Gasteiger partial charge in [0.15, 0.2) is 12.1 Å². The molecule has 0 radical (unpaired) electrons. The van der Waals surface area contributed by atoms with E-state index in [4.69, 9.17) is 4.74 Å². The van der Waals surface area contributed by atoms with Gasteiger partial charge >= 0.3 is 5.97 Å². The van der Waals surface area contributed by atoms with E-state index >= 15 is 0 Å². The SMILES string of the molecule is O=C(Cc1ccccc1)N[C@@H]1C(=O)N2[C@@H](C(=O)OC(c3ccccc3)c3ccccc3)C(O)CS(=O)[C@@H]12. The Hall–Kier alpha value is -3.82. The van der Waals surface area contributed by atoms with Crippen LogP contribution in [0.25, 0.3) is 0 Å². The Kier molecular flexibility index (Phi) is 7.16. The lowest BCUT2D eigenvalue weighted by atomic mass is 9.98. The molecule has 2 fully saturated rings. The number of hydrogen-bond donors (Lipinski definition) is 2. The van der Waals surface area contributed by atoms with Gasteiger partial charge in [-0.15, -0.1) is 0 Å². The number of β-lactam (4-membered cyclic amide) rings is 1. The van der Waals surface area contributed by atoms with Crippen LogP contribution in [0, 0.1) is 0 Å². The molecule has 37 heavy (non-hydrogen) atoms. The zero-order valence-electron chi connectivity index (χ0n) is 19.8. The minimum Gasteiger partial charge on any atom is -0.451 e. The van der Waals surface area contributed by atoms with Crippen molar-refractivity contribution in [3.63, 3.8) is 0 Å². The summed E-state index contributed by atoms with van der Waals surface area (Å²) in [5.41, 5.74) is 2.24. The summed E-state index contributed by atoms with van der Waals surface area (Å²) in [7, 11) is -1.66. The first-order chi connectivity index (χ1) is 17.9. The lowest BCUT2D eigenvalue weighted by Gasteiger charge is -2.53. The molecule has 5 atom stereocenters. The predicted molar refractivity (Wildman–Crippen MR) is 136 cm³/mol. The number of aliphatic hydroxyl groups excluding tert-OH is 1. The minimum absolute atomic E-state index is 0.0634. The molecule has 2 saturated heterocycles. The summed E-state index contributed by atoms with van der Waals surface area (Å²) in [6.45, 7) is 0. The summed E-state index contributed by atoms with van der Waals surface area (Å²) in [6.07, 6.45) is -2.05. The second-order valence-corrected chi connectivity index (χ2v) is 10.6. The van der Waals surface area contributed by atoms with Crippen molar-refractivity contribution >= 4 is 28.6 Å². The highest BCUT2D eigenvalue weighted by Crippen LogP contribution is 2.35. The Balaban J connectivity index is 1.33. The van der Waals surface area contributed by atoms with Gasteiger partial charge in [0.1, 0.15) is 11.4 Å². The number of aliphatic hydroxyl groups is 1. The van der Waals surface area contributed by atoms with Gasteiger partial charge in [-0.2, -0.15) is 0 Å². The smallest absolute Gasteiger partial charge is 0.332 e. The Morgan fingerprint density at radius 1 is 0.946 bits per heavy atom. The second kappa shape index (κ2) is 10.7. The van der Waals surface area contributed by atoms with Gasteiger partial charge in [0.25, 0.3) is 0 Å². The number of hydrogen-bond acceptors (Lipinski definition) is 6. The first kappa shape index (κ1) is 24.9. The van der Waals surface area contributed by atoms with Gasteiger partial charge in [-0.25, -0.2) is 4.79 Å². The molecule has 5 rings (SSSR count). The number of carbonyl (C=O) groups excluding carboxylic acids is 3. The number of nitrogens with zero attached hydrogens (tertiary/aromatic N) is 1. The molecule has 0 spiro atoms. The number of benzene rings is 3. The third-order valence-corrected chi connectivity index (χ3v) is 8.26. The van der Waals surface area contributed by atoms with Crippen LogP contribution in [-0.4, -0.2) is 61.3 Å². The van der Waals surface area contributed by atoms with Gasteiger partial charge in [0.2, 0.25) is 11.8 Å². The van der Waals surface area contributed by atoms with Crippen molar-refractivity contribution in [2.75, 3.05) is 5.75 Å². The van der Waals surface area contributed by atoms with Gasteiger partial charge in [-0.05, 0) is 16.7 Å². The Labute approximate surface area is 216 Å². The fourth-order valence-corrected chi connectivity index (χ4v) is 6.48. The van der Waals surface area contributed by atoms with Crippen molar-refractivity contribution in [3.8, 4) is 0 Å². The van der Waals surface area contributed by atoms with E-state index < -0.39 is 52.3 Å². The third-order valence-electron chi connectivity index (χ3n) is 6.55. The molecule has 0 aliphatic carbocycles. The first-order valence-electron chi connectivity index (χ1n) is 11.9. The molecule has 3 aromatic rings. The van der Waals surface area contributed by atoms with Crippen LogP contribution in [0.4, 0.5) is 0 Å². The second-order valence-electron chi connectivity index (χ2n) is 9.04. The highest BCUT2D eigenvalue weighted by atomic mass is 32.2. The van der Waals surface area contributed by atoms with Crippen molar-refractivity contribution in [1.82, 2.24) is 10.2 Å². The van der Waals surface area contributed by atoms with E-state index in [2.05, 4.69) is 5.32 Å². The van der Waals surface area contributed by atoms with Gasteiger partial charge < -0.3 is 20.1 Å². The molecular weight excluding hydrogens is 492 g/mol. The molecule has 2 aliphatic heterocycles. The summed E-state index contributed by atoms with van der Waals surface area (Å²) in [5, 5.41) is 12.4. The fraction of sp³-hybridized carbons (Fsp3) is 0.250. The summed E-state index contributed by atoms with van der Waals surface area (Å²) in [6, 6.07) is 25.0. The normalized spacial score (nSPS) is 24.6. The Morgan fingerprint density at radius 2 is 1.49 bits per heavy atom. The van der Waals surface area contributed by atoms with Crippen LogP contribution in [-0.2, 0) is 36.3 Å². The highest BCUT2D eigenvalue weighted by Gasteiger charge is 2.61. The average molecular weight is 519 g/mol. The highest BCUT2D eigenvalue weighted by molar-refractivity contribution is 7.85. The molecule has 190 valence electrons. The first-order valence-corrected chi connectivity index (χ1v) is 13.3. The molecule has 9 heteroatoms. The Morgan fingerprint density at radius 3 is 2.05 bits per heavy atom. The predicted octanol–water partition coefficient (Wildman–Crippen LogP) is 1.71. The monoisotopic (exact) mass is 518 g/mol. The lowest BCUT2D eigenvalue weighted by Crippen LogP contribution is -2.79. The van der Waals surface area contributed by atoms with E-state index in [9.17, 15) is 23.7 Å². The summed E-state index contributed by atoms with van der Waals surface area (Å²) in [4.78, 5) is 40.2. The van der Waals surface area contributed by atoms with Crippen LogP contribution >= 0.6 is 0 Å². The van der Waals surface area contributed by atoms with E-state index in [1.165, 1.54) is 0 Å². The van der Waals surface area contributed by atoms with Crippen LogP contribution in [0.5, 0.6) is 0 Å². The van der Waals surface area contributed by atoms with Crippen LogP contribution in [0.3, 0.4) is 0 Å². The summed E-state index contributed by atoms with van der Waals surface area (Å²) >= 11 is 0. The maximum absolute atomic E-state index is 13.4. The number of rotatable bonds is 7. The minimum atomic E-state index is -1.66. The largest absolute Gasteiger partial charge is 0.451 e. The maximum atomic E-state index is 13.4. The number of ether oxygens (including phenoxy) is 1. The van der Waals surface area contributed by atoms with E-state index in [0.29, 0.717) is 0 Å². The summed E-state index contributed by atoms with van der Waals surface area (Å²) < 4.78 is 18.7. The van der Waals surface area contributed by atoms with Gasteiger partial charge in [0, 0.05) is 10.8 Å². The zero-order chi connectivity index (χ0) is 25.9. The number of amides is 2. The van der Waals surface area contributed by atoms with Crippen LogP contribution < -0.4 is 5.32 Å². The molecule has 2 N–H and O–H groups in total. The van der Waals surface area contributed by atoms with Crippen LogP contribution in [0.1, 0.15) is 22.8 Å². The number of esters is 1. The maximum Gasteiger partial charge on any atom is 0.332 e. The number of nitrogens with one attached hydrogen (secondary N) is 1. The van der Waals surface area contributed by atoms with E-state index in [1.807, 2.05) is 78.9 Å². The molecule has 2 heterocycles. The lowest BCUT2D eigenvalue weighted by molar-refractivity contribution is -0.173. The standard InChI is InChI=1S/C28H26N2O6S/c31-21-17-37(35)27-23(29-22(32)16-18-10-4-1-5-11-18)26(33)30(27)24(21)28(34)36-25(19-12-6-2-7-13-19)20-14-8-3-9-15-20/h1-15,21,23-25,27,31H,16-17H2,(H,29,32)/t21?,23-,24-,27+,37?/m1/s1. The molecule has 3 aromatic carbocycles. The zero-order valence-corrected chi connectivity index (χ0v) is 20.6. The Bertz CT molecular complexity index is 1260. The van der Waals surface area contributed by atoms with Gasteiger partial charge in [-0.3, -0.25) is 13.8 Å². The molecule has 2 amide bonds. The van der Waals surface area contributed by atoms with E-state index in [0.717, 1.165) is 21.6 Å². The van der Waals surface area contributed by atoms with E-state index in [-0.39, 0.29) is 18.1 Å². The molecule has 8 nitrogen and oxygen atoms in total. The topological polar surface area (TPSA) is 113 Å². The summed E-state index contributed by atoms with van der Waals surface area (Å²) in [5.74, 6) is -1.97. The molecule has 2 aliphatic rings. The molecular formula is C28H26N2O6S. The van der Waals surface area contributed by atoms with Crippen molar-refractivity contribution < 1.29 is 28.4 Å².